The second-order valence-corrected chi connectivity index (χ2v) is 8.70. The lowest BCUT2D eigenvalue weighted by atomic mass is 10.0. The van der Waals surface area contributed by atoms with Gasteiger partial charge >= 0.3 is 0 Å². The third-order valence-corrected chi connectivity index (χ3v) is 6.72. The van der Waals surface area contributed by atoms with Gasteiger partial charge in [-0.05, 0) is 67.5 Å². The fraction of sp³-hybridized carbons (Fsp3) is 0.538. The van der Waals surface area contributed by atoms with Crippen molar-refractivity contribution in [2.45, 2.75) is 36.7 Å². The monoisotopic (exact) mass is 424 g/mol. The van der Waals surface area contributed by atoms with Gasteiger partial charge in [-0.15, -0.1) is 0 Å². The van der Waals surface area contributed by atoms with Crippen molar-refractivity contribution in [3.8, 4) is 0 Å². The molecule has 0 radical (unpaired) electrons. The fourth-order valence-corrected chi connectivity index (χ4v) is 5.15. The van der Waals surface area contributed by atoms with E-state index in [0.29, 0.717) is 10.5 Å². The van der Waals surface area contributed by atoms with Crippen molar-refractivity contribution >= 4 is 41.9 Å². The van der Waals surface area contributed by atoms with Gasteiger partial charge in [0.25, 0.3) is 0 Å². The maximum absolute atomic E-state index is 12.5. The first-order chi connectivity index (χ1) is 9.29. The van der Waals surface area contributed by atoms with Crippen molar-refractivity contribution < 1.29 is 8.42 Å². The molecule has 112 valence electrons. The summed E-state index contributed by atoms with van der Waals surface area (Å²) in [5.41, 5.74) is 0. The van der Waals surface area contributed by atoms with E-state index in [4.69, 9.17) is 0 Å². The predicted molar refractivity (Wildman–Crippen MR) is 87.3 cm³/mol. The van der Waals surface area contributed by atoms with E-state index in [1.165, 1.54) is 0 Å². The summed E-state index contributed by atoms with van der Waals surface area (Å²) in [6.45, 7) is 3.03. The molecule has 0 bridgehead atoms. The maximum Gasteiger partial charge on any atom is 0.241 e. The van der Waals surface area contributed by atoms with Crippen molar-refractivity contribution in [2.24, 2.45) is 0 Å². The van der Waals surface area contributed by atoms with Gasteiger partial charge in [0.05, 0.1) is 4.90 Å². The zero-order valence-electron chi connectivity index (χ0n) is 11.4. The minimum atomic E-state index is -3.50. The number of nitrogens with zero attached hydrogens (tertiary/aromatic N) is 1. The average molecular weight is 426 g/mol. The van der Waals surface area contributed by atoms with Gasteiger partial charge in [0.15, 0.2) is 0 Å². The number of nitrogens with one attached hydrogen (secondary N) is 1. The molecule has 7 heteroatoms. The van der Waals surface area contributed by atoms with Gasteiger partial charge in [-0.1, -0.05) is 15.9 Å². The molecule has 4 nitrogen and oxygen atoms in total. The summed E-state index contributed by atoms with van der Waals surface area (Å²) in [5.74, 6) is 0. The lowest BCUT2D eigenvalue weighted by Crippen LogP contribution is -2.47. The minimum Gasteiger partial charge on any atom is -0.304 e. The van der Waals surface area contributed by atoms with Crippen LogP contribution in [-0.4, -0.2) is 39.0 Å². The molecule has 1 N–H and O–H groups in total. The molecule has 0 amide bonds. The van der Waals surface area contributed by atoms with Crippen LogP contribution in [0.3, 0.4) is 0 Å². The molecular weight excluding hydrogens is 408 g/mol. The van der Waals surface area contributed by atoms with Crippen LogP contribution >= 0.6 is 31.9 Å². The maximum atomic E-state index is 12.5. The molecule has 2 atom stereocenters. The van der Waals surface area contributed by atoms with E-state index in [-0.39, 0.29) is 10.9 Å². The SMILES string of the molecule is CC1CC(NS(=O)(=O)c2cc(Br)ccc2Br)CCN1C. The second-order valence-electron chi connectivity index (χ2n) is 5.25. The van der Waals surface area contributed by atoms with E-state index in [1.54, 1.807) is 18.2 Å². The molecule has 1 fully saturated rings. The van der Waals surface area contributed by atoms with E-state index in [2.05, 4.69) is 55.5 Å². The Morgan fingerprint density at radius 1 is 1.35 bits per heavy atom. The number of halogens is 2. The van der Waals surface area contributed by atoms with Crippen molar-refractivity contribution in [3.05, 3.63) is 27.1 Å². The molecule has 1 saturated heterocycles. The van der Waals surface area contributed by atoms with Crippen LogP contribution in [0.5, 0.6) is 0 Å². The summed E-state index contributed by atoms with van der Waals surface area (Å²) >= 11 is 6.62. The van der Waals surface area contributed by atoms with Crippen molar-refractivity contribution in [3.63, 3.8) is 0 Å². The Hall–Kier alpha value is 0.0500. The summed E-state index contributed by atoms with van der Waals surface area (Å²) in [5, 5.41) is 0. The first kappa shape index (κ1) is 16.4. The van der Waals surface area contributed by atoms with E-state index in [9.17, 15) is 8.42 Å². The first-order valence-electron chi connectivity index (χ1n) is 6.47. The van der Waals surface area contributed by atoms with Gasteiger partial charge < -0.3 is 4.90 Å². The molecule has 0 saturated carbocycles. The predicted octanol–water partition coefficient (Wildman–Crippen LogP) is 2.97. The normalized spacial score (nSPS) is 24.8. The standard InChI is InChI=1S/C13H18Br2N2O2S/c1-9-7-11(5-6-17(9)2)16-20(18,19)13-8-10(14)3-4-12(13)15/h3-4,8-9,11,16H,5-7H2,1-2H3. The number of likely N-dealkylation sites (tertiary alicyclic amines) is 1. The number of hydrogen-bond acceptors (Lipinski definition) is 3. The Morgan fingerprint density at radius 2 is 2.05 bits per heavy atom. The van der Waals surface area contributed by atoms with Gasteiger partial charge in [-0.3, -0.25) is 0 Å². The van der Waals surface area contributed by atoms with Crippen LogP contribution in [0.4, 0.5) is 0 Å². The molecule has 1 heterocycles. The van der Waals surface area contributed by atoms with Crippen LogP contribution < -0.4 is 4.72 Å². The van der Waals surface area contributed by atoms with Crippen LogP contribution in [0.25, 0.3) is 0 Å². The molecule has 1 aromatic carbocycles. The smallest absolute Gasteiger partial charge is 0.241 e. The number of sulfonamides is 1. The van der Waals surface area contributed by atoms with E-state index >= 15 is 0 Å². The Labute approximate surface area is 137 Å². The molecule has 2 unspecified atom stereocenters. The minimum absolute atomic E-state index is 0.00270. The van der Waals surface area contributed by atoms with Gasteiger partial charge in [0.2, 0.25) is 10.0 Å². The molecule has 0 aromatic heterocycles. The molecule has 0 aliphatic carbocycles. The zero-order valence-corrected chi connectivity index (χ0v) is 15.4. The fourth-order valence-electron chi connectivity index (χ4n) is 2.36. The highest BCUT2D eigenvalue weighted by Gasteiger charge is 2.28. The lowest BCUT2D eigenvalue weighted by Gasteiger charge is -2.35. The van der Waals surface area contributed by atoms with Crippen molar-refractivity contribution in [1.82, 2.24) is 9.62 Å². The first-order valence-corrected chi connectivity index (χ1v) is 9.54. The third-order valence-electron chi connectivity index (χ3n) is 3.71. The molecule has 0 spiro atoms. The zero-order chi connectivity index (χ0) is 14.9. The number of rotatable bonds is 3. The van der Waals surface area contributed by atoms with E-state index < -0.39 is 10.0 Å². The summed E-state index contributed by atoms with van der Waals surface area (Å²) < 4.78 is 29.1. The molecule has 1 aliphatic heterocycles. The highest BCUT2D eigenvalue weighted by molar-refractivity contribution is 9.11. The highest BCUT2D eigenvalue weighted by atomic mass is 79.9. The quantitative estimate of drug-likeness (QED) is 0.809. The highest BCUT2D eigenvalue weighted by Crippen LogP contribution is 2.26. The number of piperidine rings is 1. The summed E-state index contributed by atoms with van der Waals surface area (Å²) in [7, 11) is -1.43. The van der Waals surface area contributed by atoms with Gasteiger partial charge in [0, 0.05) is 21.0 Å². The van der Waals surface area contributed by atoms with Crippen LogP contribution in [-0.2, 0) is 10.0 Å². The lowest BCUT2D eigenvalue weighted by molar-refractivity contribution is 0.178. The molecule has 20 heavy (non-hydrogen) atoms. The summed E-state index contributed by atoms with van der Waals surface area (Å²) in [6, 6.07) is 5.54. The van der Waals surface area contributed by atoms with Crippen LogP contribution in [0.1, 0.15) is 19.8 Å². The second kappa shape index (κ2) is 6.44. The number of hydrogen-bond donors (Lipinski definition) is 1. The largest absolute Gasteiger partial charge is 0.304 e. The molecular formula is C13H18Br2N2O2S. The molecule has 1 aliphatic rings. The third kappa shape index (κ3) is 3.82. The Balaban J connectivity index is 2.17. The van der Waals surface area contributed by atoms with Gasteiger partial charge in [-0.25, -0.2) is 13.1 Å². The van der Waals surface area contributed by atoms with Crippen LogP contribution in [0.15, 0.2) is 32.0 Å². The Morgan fingerprint density at radius 3 is 2.70 bits per heavy atom. The van der Waals surface area contributed by atoms with E-state index in [1.807, 2.05) is 0 Å². The van der Waals surface area contributed by atoms with Gasteiger partial charge in [0.1, 0.15) is 0 Å². The van der Waals surface area contributed by atoms with E-state index in [0.717, 1.165) is 23.9 Å². The topological polar surface area (TPSA) is 49.4 Å². The molecule has 2 rings (SSSR count). The molecule has 1 aromatic rings. The Kier molecular flexibility index (Phi) is 5.29. The van der Waals surface area contributed by atoms with Crippen LogP contribution in [0, 0.1) is 0 Å². The average Bonchev–Trinajstić information content (AvgIpc) is 2.36. The summed E-state index contributed by atoms with van der Waals surface area (Å²) in [4.78, 5) is 2.53. The number of benzene rings is 1. The summed E-state index contributed by atoms with van der Waals surface area (Å²) in [6.07, 6.45) is 1.67. The Bertz CT molecular complexity index is 592. The van der Waals surface area contributed by atoms with Crippen molar-refractivity contribution in [1.29, 1.82) is 0 Å². The van der Waals surface area contributed by atoms with Gasteiger partial charge in [-0.2, -0.15) is 0 Å². The van der Waals surface area contributed by atoms with Crippen molar-refractivity contribution in [2.75, 3.05) is 13.6 Å². The van der Waals surface area contributed by atoms with Crippen LogP contribution in [0.2, 0.25) is 0 Å².